The summed E-state index contributed by atoms with van der Waals surface area (Å²) in [6, 6.07) is 8.67. The molecule has 2 fully saturated rings. The highest BCUT2D eigenvalue weighted by Crippen LogP contribution is 2.23. The molecule has 7 nitrogen and oxygen atoms in total. The van der Waals surface area contributed by atoms with E-state index in [0.717, 1.165) is 44.2 Å². The summed E-state index contributed by atoms with van der Waals surface area (Å²) in [7, 11) is 0. The van der Waals surface area contributed by atoms with E-state index in [9.17, 15) is 9.18 Å². The highest BCUT2D eigenvalue weighted by molar-refractivity contribution is 5.85. The molecule has 3 heterocycles. The van der Waals surface area contributed by atoms with E-state index in [2.05, 4.69) is 25.1 Å². The van der Waals surface area contributed by atoms with Crippen LogP contribution in [0.4, 0.5) is 10.3 Å². The maximum Gasteiger partial charge on any atom is 0.225 e. The Labute approximate surface area is 194 Å². The molecule has 2 aliphatic rings. The van der Waals surface area contributed by atoms with Gasteiger partial charge in [-0.1, -0.05) is 12.1 Å². The average molecular weight is 471 g/mol. The molecule has 4 rings (SSSR count). The minimum absolute atomic E-state index is 0. The second-order valence-electron chi connectivity index (χ2n) is 7.48. The number of hydrogen-bond donors (Lipinski definition) is 1. The molecule has 0 spiro atoms. The van der Waals surface area contributed by atoms with E-state index in [1.54, 1.807) is 30.6 Å². The van der Waals surface area contributed by atoms with Crippen LogP contribution in [0, 0.1) is 5.82 Å². The quantitative estimate of drug-likeness (QED) is 0.721. The van der Waals surface area contributed by atoms with Crippen LogP contribution in [0.5, 0.6) is 0 Å². The topological polar surface area (TPSA) is 64.6 Å². The van der Waals surface area contributed by atoms with Crippen LogP contribution in [0.25, 0.3) is 0 Å². The third-order valence-corrected chi connectivity index (χ3v) is 5.67. The summed E-state index contributed by atoms with van der Waals surface area (Å²) in [5.41, 5.74) is 0.959. The zero-order valence-electron chi connectivity index (χ0n) is 17.3. The van der Waals surface area contributed by atoms with Crippen molar-refractivity contribution in [3.05, 3.63) is 54.1 Å². The normalized spacial score (nSPS) is 19.3. The Kier molecular flexibility index (Phi) is 9.90. The molecular formula is C21H29Cl2FN6O. The van der Waals surface area contributed by atoms with Gasteiger partial charge in [-0.15, -0.1) is 24.8 Å². The smallest absolute Gasteiger partial charge is 0.225 e. The Bertz CT molecular complexity index is 823. The molecule has 0 radical (unpaired) electrons. The summed E-state index contributed by atoms with van der Waals surface area (Å²) in [6.07, 6.45) is 3.96. The molecule has 31 heavy (non-hydrogen) atoms. The van der Waals surface area contributed by atoms with Gasteiger partial charge in [-0.25, -0.2) is 14.4 Å². The zero-order valence-corrected chi connectivity index (χ0v) is 19.0. The van der Waals surface area contributed by atoms with Crippen molar-refractivity contribution >= 4 is 36.7 Å². The highest BCUT2D eigenvalue weighted by atomic mass is 35.5. The van der Waals surface area contributed by atoms with Crippen LogP contribution in [0.2, 0.25) is 0 Å². The van der Waals surface area contributed by atoms with Crippen molar-refractivity contribution < 1.29 is 9.18 Å². The van der Waals surface area contributed by atoms with Crippen LogP contribution >= 0.6 is 24.8 Å². The number of rotatable bonds is 5. The maximum atomic E-state index is 13.6. The van der Waals surface area contributed by atoms with Crippen molar-refractivity contribution in [1.29, 1.82) is 0 Å². The molecule has 1 atom stereocenters. The van der Waals surface area contributed by atoms with Crippen LogP contribution in [-0.4, -0.2) is 78.0 Å². The first kappa shape index (κ1) is 25.3. The molecular weight excluding hydrogens is 442 g/mol. The number of hydrogen-bond acceptors (Lipinski definition) is 6. The van der Waals surface area contributed by atoms with Crippen molar-refractivity contribution in [1.82, 2.24) is 25.1 Å². The third-order valence-electron chi connectivity index (χ3n) is 5.67. The van der Waals surface area contributed by atoms with Crippen molar-refractivity contribution in [3.8, 4) is 0 Å². The first-order valence-corrected chi connectivity index (χ1v) is 10.2. The summed E-state index contributed by atoms with van der Waals surface area (Å²) in [5, 5.41) is 3.38. The second kappa shape index (κ2) is 12.1. The lowest BCUT2D eigenvalue weighted by Crippen LogP contribution is -2.50. The van der Waals surface area contributed by atoms with E-state index < -0.39 is 0 Å². The lowest BCUT2D eigenvalue weighted by atomic mass is 10.0. The van der Waals surface area contributed by atoms with E-state index in [0.29, 0.717) is 26.1 Å². The van der Waals surface area contributed by atoms with Gasteiger partial charge in [0.05, 0.1) is 0 Å². The molecule has 2 saturated heterocycles. The molecule has 10 heteroatoms. The maximum absolute atomic E-state index is 13.6. The molecule has 1 amide bonds. The molecule has 0 bridgehead atoms. The van der Waals surface area contributed by atoms with Gasteiger partial charge in [0.25, 0.3) is 0 Å². The SMILES string of the molecule is Cl.Cl.O=C(CCN1CCNCC1c1cccc(F)c1)N1CCN(c2ncccn2)CC1. The number of piperazine rings is 2. The number of carbonyl (C=O) groups is 1. The number of aromatic nitrogens is 2. The predicted octanol–water partition coefficient (Wildman–Crippen LogP) is 2.14. The Morgan fingerprint density at radius 2 is 1.81 bits per heavy atom. The molecule has 1 unspecified atom stereocenters. The van der Waals surface area contributed by atoms with Crippen molar-refractivity contribution in [2.24, 2.45) is 0 Å². The van der Waals surface area contributed by atoms with Crippen molar-refractivity contribution in [3.63, 3.8) is 0 Å². The lowest BCUT2D eigenvalue weighted by molar-refractivity contribution is -0.132. The van der Waals surface area contributed by atoms with Gasteiger partial charge in [-0.2, -0.15) is 0 Å². The average Bonchev–Trinajstić information content (AvgIpc) is 2.78. The van der Waals surface area contributed by atoms with Crippen molar-refractivity contribution in [2.75, 3.05) is 57.3 Å². The fraction of sp³-hybridized carbons (Fsp3) is 0.476. The van der Waals surface area contributed by atoms with Crippen LogP contribution in [0.1, 0.15) is 18.0 Å². The molecule has 2 aromatic rings. The fourth-order valence-electron chi connectivity index (χ4n) is 4.06. The lowest BCUT2D eigenvalue weighted by Gasteiger charge is -2.38. The zero-order chi connectivity index (χ0) is 20.1. The van der Waals surface area contributed by atoms with Crippen molar-refractivity contribution in [2.45, 2.75) is 12.5 Å². The molecule has 170 valence electrons. The van der Waals surface area contributed by atoms with E-state index in [1.807, 2.05) is 11.0 Å². The summed E-state index contributed by atoms with van der Waals surface area (Å²) in [5.74, 6) is 0.679. The molecule has 0 saturated carbocycles. The standard InChI is InChI=1S/C21H27FN6O.2ClH/c22-18-4-1-3-17(15-18)19-16-23-8-10-26(19)9-5-20(29)27-11-13-28(14-12-27)21-24-6-2-7-25-21;;/h1-4,6-7,15,19,23H,5,8-14,16H2;2*1H. The number of amides is 1. The molecule has 0 aliphatic carbocycles. The minimum atomic E-state index is -0.218. The van der Waals surface area contributed by atoms with Crippen LogP contribution < -0.4 is 10.2 Å². The van der Waals surface area contributed by atoms with Crippen LogP contribution in [-0.2, 0) is 4.79 Å². The van der Waals surface area contributed by atoms with Crippen LogP contribution in [0.3, 0.4) is 0 Å². The van der Waals surface area contributed by atoms with E-state index in [4.69, 9.17) is 0 Å². The van der Waals surface area contributed by atoms with E-state index in [1.165, 1.54) is 6.07 Å². The summed E-state index contributed by atoms with van der Waals surface area (Å²) < 4.78 is 13.6. The van der Waals surface area contributed by atoms with Gasteiger partial charge in [0.15, 0.2) is 0 Å². The van der Waals surface area contributed by atoms with E-state index in [-0.39, 0.29) is 42.6 Å². The summed E-state index contributed by atoms with van der Waals surface area (Å²) >= 11 is 0. The molecule has 1 aromatic carbocycles. The van der Waals surface area contributed by atoms with Gasteiger partial charge in [-0.3, -0.25) is 9.69 Å². The first-order chi connectivity index (χ1) is 14.2. The van der Waals surface area contributed by atoms with Crippen LogP contribution in [0.15, 0.2) is 42.7 Å². The summed E-state index contributed by atoms with van der Waals surface area (Å²) in [6.45, 7) is 6.06. The number of nitrogens with one attached hydrogen (secondary N) is 1. The summed E-state index contributed by atoms with van der Waals surface area (Å²) in [4.78, 5) is 27.7. The van der Waals surface area contributed by atoms with Gasteiger partial charge in [0.1, 0.15) is 5.82 Å². The Hall–Kier alpha value is -2.00. The van der Waals surface area contributed by atoms with Gasteiger partial charge < -0.3 is 15.1 Å². The first-order valence-electron chi connectivity index (χ1n) is 10.2. The van der Waals surface area contributed by atoms with Gasteiger partial charge in [0, 0.05) is 77.2 Å². The molecule has 1 N–H and O–H groups in total. The third kappa shape index (κ3) is 6.49. The van der Waals surface area contributed by atoms with Gasteiger partial charge in [0.2, 0.25) is 11.9 Å². The molecule has 1 aromatic heterocycles. The number of halogens is 3. The highest BCUT2D eigenvalue weighted by Gasteiger charge is 2.26. The number of nitrogens with zero attached hydrogens (tertiary/aromatic N) is 5. The fourth-order valence-corrected chi connectivity index (χ4v) is 4.06. The minimum Gasteiger partial charge on any atom is -0.339 e. The number of anilines is 1. The van der Waals surface area contributed by atoms with Gasteiger partial charge in [-0.05, 0) is 23.8 Å². The number of benzene rings is 1. The monoisotopic (exact) mass is 470 g/mol. The number of carbonyl (C=O) groups excluding carboxylic acids is 1. The van der Waals surface area contributed by atoms with Gasteiger partial charge >= 0.3 is 0 Å². The van der Waals surface area contributed by atoms with E-state index >= 15 is 0 Å². The Balaban J connectivity index is 0.00000171. The second-order valence-corrected chi connectivity index (χ2v) is 7.48. The Morgan fingerprint density at radius 3 is 2.52 bits per heavy atom. The largest absolute Gasteiger partial charge is 0.339 e. The Morgan fingerprint density at radius 1 is 1.06 bits per heavy atom. The predicted molar refractivity (Wildman–Crippen MR) is 124 cm³/mol. The molecule has 2 aliphatic heterocycles.